The van der Waals surface area contributed by atoms with Crippen LogP contribution in [0.25, 0.3) is 16.8 Å². The number of aromatic nitrogens is 3. The predicted molar refractivity (Wildman–Crippen MR) is 64.4 cm³/mol. The van der Waals surface area contributed by atoms with Crippen LogP contribution in [0, 0.1) is 13.8 Å². The van der Waals surface area contributed by atoms with Crippen LogP contribution < -0.4 is 5.73 Å². The van der Waals surface area contributed by atoms with Crippen molar-refractivity contribution in [2.24, 2.45) is 5.73 Å². The Hall–Kier alpha value is -1.81. The van der Waals surface area contributed by atoms with E-state index in [1.165, 1.54) is 11.1 Å². The van der Waals surface area contributed by atoms with Crippen molar-refractivity contribution >= 4 is 16.8 Å². The Bertz CT molecular complexity index is 675. The fraction of sp³-hybridized carbons (Fsp3) is 0.250. The summed E-state index contributed by atoms with van der Waals surface area (Å²) in [5.74, 6) is 0.865. The number of aryl methyl sites for hydroxylation is 2. The first-order valence-corrected chi connectivity index (χ1v) is 5.36. The molecule has 2 heterocycles. The van der Waals surface area contributed by atoms with Crippen LogP contribution >= 0.6 is 0 Å². The lowest BCUT2D eigenvalue weighted by Gasteiger charge is -1.99. The van der Waals surface area contributed by atoms with Crippen LogP contribution in [0.1, 0.15) is 16.8 Å². The van der Waals surface area contributed by atoms with E-state index in [0.29, 0.717) is 6.54 Å². The van der Waals surface area contributed by atoms with Crippen molar-refractivity contribution in [1.29, 1.82) is 0 Å². The summed E-state index contributed by atoms with van der Waals surface area (Å²) in [5, 5.41) is 0. The van der Waals surface area contributed by atoms with E-state index in [9.17, 15) is 0 Å². The van der Waals surface area contributed by atoms with Crippen LogP contribution in [0.5, 0.6) is 0 Å². The molecule has 0 aliphatic heterocycles. The van der Waals surface area contributed by atoms with Gasteiger partial charge in [0.1, 0.15) is 0 Å². The molecule has 3 rings (SSSR count). The van der Waals surface area contributed by atoms with Crippen molar-refractivity contribution in [2.75, 3.05) is 0 Å². The van der Waals surface area contributed by atoms with Crippen LogP contribution in [0.2, 0.25) is 0 Å². The molecule has 0 aliphatic rings. The second-order valence-corrected chi connectivity index (χ2v) is 4.16. The quantitative estimate of drug-likeness (QED) is 0.650. The second kappa shape index (κ2) is 3.09. The van der Waals surface area contributed by atoms with Crippen LogP contribution in [-0.4, -0.2) is 14.4 Å². The number of nitrogens with one attached hydrogen (secondary N) is 1. The van der Waals surface area contributed by atoms with Gasteiger partial charge in [-0.2, -0.15) is 0 Å². The average molecular weight is 214 g/mol. The third-order valence-electron chi connectivity index (χ3n) is 3.16. The van der Waals surface area contributed by atoms with Gasteiger partial charge in [-0.05, 0) is 31.0 Å². The van der Waals surface area contributed by atoms with Crippen LogP contribution in [-0.2, 0) is 6.54 Å². The summed E-state index contributed by atoms with van der Waals surface area (Å²) >= 11 is 0. The highest BCUT2D eigenvalue weighted by atomic mass is 15.1. The van der Waals surface area contributed by atoms with Crippen molar-refractivity contribution in [3.63, 3.8) is 0 Å². The van der Waals surface area contributed by atoms with E-state index in [4.69, 9.17) is 5.73 Å². The summed E-state index contributed by atoms with van der Waals surface area (Å²) in [6, 6.07) is 4.23. The maximum absolute atomic E-state index is 5.60. The van der Waals surface area contributed by atoms with Gasteiger partial charge in [-0.1, -0.05) is 6.07 Å². The van der Waals surface area contributed by atoms with Gasteiger partial charge in [0.15, 0.2) is 0 Å². The zero-order chi connectivity index (χ0) is 11.3. The monoisotopic (exact) mass is 214 g/mol. The van der Waals surface area contributed by atoms with Gasteiger partial charge in [0.25, 0.3) is 0 Å². The van der Waals surface area contributed by atoms with Gasteiger partial charge >= 0.3 is 0 Å². The molecule has 0 bridgehead atoms. The summed E-state index contributed by atoms with van der Waals surface area (Å²) in [6.45, 7) is 4.72. The molecule has 4 heteroatoms. The fourth-order valence-corrected chi connectivity index (χ4v) is 2.05. The molecule has 0 saturated carbocycles. The van der Waals surface area contributed by atoms with Gasteiger partial charge in [-0.25, -0.2) is 4.98 Å². The van der Waals surface area contributed by atoms with E-state index in [1.54, 1.807) is 0 Å². The largest absolute Gasteiger partial charge is 0.326 e. The van der Waals surface area contributed by atoms with E-state index >= 15 is 0 Å². The Morgan fingerprint density at radius 2 is 2.19 bits per heavy atom. The maximum Gasteiger partial charge on any atom is 0.212 e. The highest BCUT2D eigenvalue weighted by Gasteiger charge is 2.10. The lowest BCUT2D eigenvalue weighted by atomic mass is 10.1. The number of H-pyrrole nitrogens is 1. The van der Waals surface area contributed by atoms with Gasteiger partial charge < -0.3 is 10.7 Å². The summed E-state index contributed by atoms with van der Waals surface area (Å²) in [5.41, 5.74) is 11.3. The lowest BCUT2D eigenvalue weighted by molar-refractivity contribution is 1.01. The molecule has 0 aliphatic carbocycles. The van der Waals surface area contributed by atoms with E-state index in [0.717, 1.165) is 22.5 Å². The summed E-state index contributed by atoms with van der Waals surface area (Å²) in [6.07, 6.45) is 2.01. The van der Waals surface area contributed by atoms with Crippen LogP contribution in [0.4, 0.5) is 0 Å². The Balaban J connectivity index is 2.44. The Morgan fingerprint density at radius 1 is 1.38 bits per heavy atom. The summed E-state index contributed by atoms with van der Waals surface area (Å²) in [4.78, 5) is 7.80. The Morgan fingerprint density at radius 3 is 2.94 bits per heavy atom. The molecule has 0 atom stereocenters. The molecule has 0 radical (unpaired) electrons. The number of imidazole rings is 2. The van der Waals surface area contributed by atoms with Gasteiger partial charge in [0.05, 0.1) is 11.0 Å². The first-order valence-electron chi connectivity index (χ1n) is 5.36. The van der Waals surface area contributed by atoms with Gasteiger partial charge in [-0.15, -0.1) is 0 Å². The van der Waals surface area contributed by atoms with Gasteiger partial charge in [-0.3, -0.25) is 4.40 Å². The molecule has 0 fully saturated rings. The molecule has 0 amide bonds. The summed E-state index contributed by atoms with van der Waals surface area (Å²) < 4.78 is 2.06. The van der Waals surface area contributed by atoms with Crippen LogP contribution in [0.3, 0.4) is 0 Å². The fourth-order valence-electron chi connectivity index (χ4n) is 2.05. The third kappa shape index (κ3) is 1.10. The Labute approximate surface area is 93.1 Å². The SMILES string of the molecule is Cc1ccc2c(nc3[nH]c(CN)cn32)c1C. The normalized spacial score (nSPS) is 11.7. The van der Waals surface area contributed by atoms with E-state index in [1.807, 2.05) is 6.20 Å². The lowest BCUT2D eigenvalue weighted by Crippen LogP contribution is -1.95. The molecule has 16 heavy (non-hydrogen) atoms. The molecular weight excluding hydrogens is 200 g/mol. The predicted octanol–water partition coefficient (Wildman–Crippen LogP) is 1.89. The number of nitrogens with zero attached hydrogens (tertiary/aromatic N) is 2. The molecule has 3 aromatic rings. The molecule has 0 spiro atoms. The molecule has 3 N–H and O–H groups in total. The molecule has 1 aromatic carbocycles. The van der Waals surface area contributed by atoms with Crippen molar-refractivity contribution < 1.29 is 0 Å². The minimum Gasteiger partial charge on any atom is -0.326 e. The second-order valence-electron chi connectivity index (χ2n) is 4.16. The molecule has 2 aromatic heterocycles. The van der Waals surface area contributed by atoms with Crippen molar-refractivity contribution in [3.8, 4) is 0 Å². The van der Waals surface area contributed by atoms with E-state index < -0.39 is 0 Å². The molecule has 0 unspecified atom stereocenters. The maximum atomic E-state index is 5.60. The highest BCUT2D eigenvalue weighted by Crippen LogP contribution is 2.22. The average Bonchev–Trinajstić information content (AvgIpc) is 2.80. The van der Waals surface area contributed by atoms with E-state index in [-0.39, 0.29) is 0 Å². The van der Waals surface area contributed by atoms with Gasteiger partial charge in [0, 0.05) is 18.4 Å². The number of rotatable bonds is 1. The summed E-state index contributed by atoms with van der Waals surface area (Å²) in [7, 11) is 0. The van der Waals surface area contributed by atoms with Crippen molar-refractivity contribution in [2.45, 2.75) is 20.4 Å². The highest BCUT2D eigenvalue weighted by molar-refractivity contribution is 5.83. The van der Waals surface area contributed by atoms with Crippen molar-refractivity contribution in [3.05, 3.63) is 35.2 Å². The molecule has 82 valence electrons. The number of hydrogen-bond donors (Lipinski definition) is 2. The smallest absolute Gasteiger partial charge is 0.212 e. The Kier molecular flexibility index (Phi) is 1.82. The zero-order valence-electron chi connectivity index (χ0n) is 9.41. The first-order chi connectivity index (χ1) is 7.70. The molecule has 0 saturated heterocycles. The third-order valence-corrected chi connectivity index (χ3v) is 3.16. The number of benzene rings is 1. The van der Waals surface area contributed by atoms with Crippen molar-refractivity contribution in [1.82, 2.24) is 14.4 Å². The topological polar surface area (TPSA) is 59.1 Å². The number of hydrogen-bond acceptors (Lipinski definition) is 2. The van der Waals surface area contributed by atoms with Crippen LogP contribution in [0.15, 0.2) is 18.3 Å². The molecule has 4 nitrogen and oxygen atoms in total. The van der Waals surface area contributed by atoms with E-state index in [2.05, 4.69) is 40.3 Å². The zero-order valence-corrected chi connectivity index (χ0v) is 9.41. The number of aromatic amines is 1. The minimum atomic E-state index is 0.510. The number of nitrogens with two attached hydrogens (primary N) is 1. The standard InChI is InChI=1S/C12H14N4/c1-7-3-4-10-11(8(7)2)15-12-14-9(5-13)6-16(10)12/h3-4,6H,5,13H2,1-2H3,(H,14,15). The minimum absolute atomic E-state index is 0.510. The first kappa shape index (κ1) is 9.42. The van der Waals surface area contributed by atoms with Gasteiger partial charge in [0.2, 0.25) is 5.78 Å². The molecular formula is C12H14N4. The number of fused-ring (bicyclic) bond motifs is 3.